The van der Waals surface area contributed by atoms with Gasteiger partial charge >= 0.3 is 0 Å². The molecule has 0 radical (unpaired) electrons. The molecule has 0 saturated carbocycles. The normalized spacial score (nSPS) is 11.8. The average molecular weight is 426 g/mol. The average Bonchev–Trinajstić information content (AvgIpc) is 3.30. The minimum atomic E-state index is -0.667. The molecule has 6 rings (SSSR count). The minimum Gasteiger partial charge on any atom is -0.437 e. The summed E-state index contributed by atoms with van der Waals surface area (Å²) in [7, 11) is 1.98. The molecule has 0 fully saturated rings. The molecule has 6 aromatic rings. The minimum absolute atomic E-state index is 0.0794. The van der Waals surface area contributed by atoms with Gasteiger partial charge in [0.15, 0.2) is 16.6 Å². The molecule has 6 heteroatoms. The van der Waals surface area contributed by atoms with Gasteiger partial charge in [-0.2, -0.15) is 13.9 Å². The summed E-state index contributed by atoms with van der Waals surface area (Å²) in [6.45, 7) is 1.85. The van der Waals surface area contributed by atoms with E-state index >= 15 is 4.39 Å². The second kappa shape index (κ2) is 6.72. The molecule has 0 atom stereocenters. The molecule has 3 heterocycles. The molecule has 3 aromatic carbocycles. The van der Waals surface area contributed by atoms with Crippen molar-refractivity contribution in [1.82, 2.24) is 9.55 Å². The Hall–Kier alpha value is -4.06. The van der Waals surface area contributed by atoms with E-state index in [2.05, 4.69) is 20.2 Å². The van der Waals surface area contributed by atoms with Crippen molar-refractivity contribution in [3.8, 4) is 17.1 Å². The largest absolute Gasteiger partial charge is 0.437 e. The number of hydrogen-bond acceptors (Lipinski definition) is 2. The lowest BCUT2D eigenvalue weighted by Gasteiger charge is -2.08. The van der Waals surface area contributed by atoms with Crippen molar-refractivity contribution in [3.05, 3.63) is 90.1 Å². The Bertz CT molecular complexity index is 1670. The van der Waals surface area contributed by atoms with Crippen molar-refractivity contribution in [3.63, 3.8) is 0 Å². The third-order valence-electron chi connectivity index (χ3n) is 5.98. The summed E-state index contributed by atoms with van der Waals surface area (Å²) in [6.07, 6.45) is 0. The number of rotatable bonds is 2. The molecule has 0 amide bonds. The number of furan rings is 1. The number of hydrogen-bond donors (Lipinski definition) is 0. The summed E-state index contributed by atoms with van der Waals surface area (Å²) >= 11 is 0. The maximum absolute atomic E-state index is 15.1. The highest BCUT2D eigenvalue weighted by atomic mass is 19.1. The Morgan fingerprint density at radius 2 is 1.69 bits per heavy atom. The summed E-state index contributed by atoms with van der Waals surface area (Å²) in [6, 6.07) is 22.3. The number of imidazole rings is 1. The van der Waals surface area contributed by atoms with E-state index < -0.39 is 11.8 Å². The van der Waals surface area contributed by atoms with Crippen LogP contribution in [0.4, 0.5) is 8.78 Å². The maximum Gasteiger partial charge on any atom is 0.298 e. The van der Waals surface area contributed by atoms with E-state index in [-0.39, 0.29) is 5.71 Å². The van der Waals surface area contributed by atoms with Crippen LogP contribution in [0.5, 0.6) is 0 Å². The molecule has 0 N–H and O–H groups in total. The highest BCUT2D eigenvalue weighted by Crippen LogP contribution is 2.39. The fourth-order valence-electron chi connectivity index (χ4n) is 4.59. The van der Waals surface area contributed by atoms with Gasteiger partial charge in [-0.15, -0.1) is 0 Å². The van der Waals surface area contributed by atoms with Crippen molar-refractivity contribution in [2.45, 2.75) is 6.92 Å². The zero-order chi connectivity index (χ0) is 22.0. The monoisotopic (exact) mass is 426 g/mol. The number of aryl methyl sites for hydroxylation is 2. The number of pyridine rings is 1. The van der Waals surface area contributed by atoms with E-state index in [1.165, 1.54) is 18.2 Å². The van der Waals surface area contributed by atoms with Crippen LogP contribution in [0.3, 0.4) is 0 Å². The van der Waals surface area contributed by atoms with Gasteiger partial charge in [0.05, 0.1) is 17.8 Å². The zero-order valence-electron chi connectivity index (χ0n) is 17.4. The van der Waals surface area contributed by atoms with Crippen molar-refractivity contribution in [2.24, 2.45) is 7.05 Å². The highest BCUT2D eigenvalue weighted by molar-refractivity contribution is 6.09. The first-order valence-electron chi connectivity index (χ1n) is 10.3. The van der Waals surface area contributed by atoms with E-state index in [1.807, 2.05) is 62.5 Å². The number of benzene rings is 3. The molecule has 32 heavy (non-hydrogen) atoms. The molecule has 0 bridgehead atoms. The molecule has 156 valence electrons. The van der Waals surface area contributed by atoms with Crippen LogP contribution in [0, 0.1) is 18.7 Å². The Labute approximate surface area is 182 Å². The van der Waals surface area contributed by atoms with Crippen LogP contribution in [0.15, 0.2) is 77.2 Å². The molecule has 4 nitrogen and oxygen atoms in total. The van der Waals surface area contributed by atoms with Gasteiger partial charge in [0.1, 0.15) is 17.1 Å². The van der Waals surface area contributed by atoms with Crippen LogP contribution in [0.2, 0.25) is 0 Å². The van der Waals surface area contributed by atoms with Gasteiger partial charge in [0.2, 0.25) is 11.7 Å². The van der Waals surface area contributed by atoms with E-state index in [1.54, 1.807) is 0 Å². The van der Waals surface area contributed by atoms with Crippen LogP contribution >= 0.6 is 0 Å². The summed E-state index contributed by atoms with van der Waals surface area (Å²) in [5.74, 6) is -0.253. The van der Waals surface area contributed by atoms with Crippen LogP contribution in [0.25, 0.3) is 50.2 Å². The first-order chi connectivity index (χ1) is 15.5. The summed E-state index contributed by atoms with van der Waals surface area (Å²) in [5.41, 5.74) is 4.88. The topological polar surface area (TPSA) is 34.8 Å². The molecule has 0 unspecified atom stereocenters. The Balaban J connectivity index is 1.83. The third kappa shape index (κ3) is 2.52. The van der Waals surface area contributed by atoms with Gasteiger partial charge in [-0.25, -0.2) is 8.96 Å². The number of fused-ring (bicyclic) bond motifs is 4. The van der Waals surface area contributed by atoms with Crippen molar-refractivity contribution in [2.75, 3.05) is 0 Å². The standard InChI is InChI=1S/C26H18F2N3O/c1-15-14-18(27)23-17-12-13-21(28)29-25(17)32-24(23)22(15)26-30(2)19-10-6-7-11-20(19)31(26)16-8-4-3-5-9-16/h3-14H,1-2H3/q+1. The van der Waals surface area contributed by atoms with Gasteiger partial charge in [-0.3, -0.25) is 0 Å². The van der Waals surface area contributed by atoms with E-state index in [0.29, 0.717) is 21.9 Å². The molecular weight excluding hydrogens is 408 g/mol. The number of para-hydroxylation sites is 3. The fraction of sp³-hybridized carbons (Fsp3) is 0.0769. The number of nitrogens with zero attached hydrogens (tertiary/aromatic N) is 3. The predicted octanol–water partition coefficient (Wildman–Crippen LogP) is 6.00. The molecule has 3 aromatic heterocycles. The SMILES string of the molecule is Cc1cc(F)c2c(oc3nc(F)ccc32)c1-c1n(-c2ccccc2)c2ccccc2[n+]1C. The Kier molecular flexibility index (Phi) is 3.92. The molecule has 0 aliphatic carbocycles. The van der Waals surface area contributed by atoms with Gasteiger partial charge < -0.3 is 4.42 Å². The first-order valence-corrected chi connectivity index (χ1v) is 10.3. The predicted molar refractivity (Wildman–Crippen MR) is 120 cm³/mol. The first kappa shape index (κ1) is 18.7. The van der Waals surface area contributed by atoms with E-state index in [4.69, 9.17) is 4.42 Å². The molecule has 0 saturated heterocycles. The second-order valence-electron chi connectivity index (χ2n) is 7.89. The number of halogens is 2. The molecule has 0 spiro atoms. The van der Waals surface area contributed by atoms with Crippen molar-refractivity contribution >= 4 is 33.1 Å². The van der Waals surface area contributed by atoms with Gasteiger partial charge in [0.25, 0.3) is 5.82 Å². The van der Waals surface area contributed by atoms with Crippen LogP contribution in [-0.4, -0.2) is 9.55 Å². The lowest BCUT2D eigenvalue weighted by molar-refractivity contribution is -0.633. The van der Waals surface area contributed by atoms with Crippen molar-refractivity contribution < 1.29 is 17.8 Å². The Morgan fingerprint density at radius 1 is 0.938 bits per heavy atom. The maximum atomic E-state index is 15.1. The van der Waals surface area contributed by atoms with E-state index in [0.717, 1.165) is 28.1 Å². The zero-order valence-corrected chi connectivity index (χ0v) is 17.4. The molecule has 0 aliphatic heterocycles. The third-order valence-corrected chi connectivity index (χ3v) is 5.98. The van der Waals surface area contributed by atoms with Crippen LogP contribution in [0.1, 0.15) is 5.56 Å². The van der Waals surface area contributed by atoms with Gasteiger partial charge in [-0.05, 0) is 55.0 Å². The Morgan fingerprint density at radius 3 is 2.50 bits per heavy atom. The summed E-state index contributed by atoms with van der Waals surface area (Å²) < 4.78 is 39.1. The lowest BCUT2D eigenvalue weighted by Crippen LogP contribution is -2.30. The highest BCUT2D eigenvalue weighted by Gasteiger charge is 2.31. The van der Waals surface area contributed by atoms with Crippen LogP contribution < -0.4 is 4.57 Å². The smallest absolute Gasteiger partial charge is 0.298 e. The van der Waals surface area contributed by atoms with Crippen LogP contribution in [-0.2, 0) is 7.05 Å². The summed E-state index contributed by atoms with van der Waals surface area (Å²) in [4.78, 5) is 3.85. The van der Waals surface area contributed by atoms with Gasteiger partial charge in [0, 0.05) is 0 Å². The molecule has 0 aliphatic rings. The van der Waals surface area contributed by atoms with Gasteiger partial charge in [-0.1, -0.05) is 30.3 Å². The quantitative estimate of drug-likeness (QED) is 0.251. The van der Waals surface area contributed by atoms with Crippen molar-refractivity contribution in [1.29, 1.82) is 0 Å². The lowest BCUT2D eigenvalue weighted by atomic mass is 10.0. The van der Waals surface area contributed by atoms with E-state index in [9.17, 15) is 4.39 Å². The second-order valence-corrected chi connectivity index (χ2v) is 7.89. The number of aromatic nitrogens is 3. The summed E-state index contributed by atoms with van der Waals surface area (Å²) in [5, 5.41) is 0.753. The molecular formula is C26H18F2N3O+. The fourth-order valence-corrected chi connectivity index (χ4v) is 4.59.